The van der Waals surface area contributed by atoms with E-state index in [0.29, 0.717) is 12.4 Å². The Morgan fingerprint density at radius 1 is 1.27 bits per heavy atom. The maximum absolute atomic E-state index is 13.8. The van der Waals surface area contributed by atoms with Crippen molar-refractivity contribution in [1.82, 2.24) is 9.97 Å². The van der Waals surface area contributed by atoms with E-state index in [2.05, 4.69) is 20.4 Å². The minimum atomic E-state index is -4.57. The van der Waals surface area contributed by atoms with Gasteiger partial charge in [-0.15, -0.1) is 0 Å². The van der Waals surface area contributed by atoms with Gasteiger partial charge in [-0.1, -0.05) is 0 Å². The summed E-state index contributed by atoms with van der Waals surface area (Å²) in [4.78, 5) is 6.80. The molecule has 0 unspecified atom stereocenters. The maximum Gasteiger partial charge on any atom is 0.419 e. The van der Waals surface area contributed by atoms with E-state index in [1.165, 1.54) is 6.92 Å². The topological polar surface area (TPSA) is 83.2 Å². The van der Waals surface area contributed by atoms with E-state index in [4.69, 9.17) is 10.3 Å². The molecular weight excluding hydrogens is 361 g/mol. The van der Waals surface area contributed by atoms with Gasteiger partial charge in [0.15, 0.2) is 5.82 Å². The van der Waals surface area contributed by atoms with Gasteiger partial charge in [0.1, 0.15) is 18.1 Å². The molecule has 0 spiro atoms. The van der Waals surface area contributed by atoms with Crippen LogP contribution in [-0.2, 0) is 6.18 Å². The standard InChI is InChI=1S/C15H12F5N5O/c1-8-11(16)2-3-12(13(8)17)22-6-10(25-21)7-26-14-23-4-9(5-24-14)15(18,19)20/h2-6,21-22H,7H2,1H3/b10-6-,25-21?. The fourth-order valence-electron chi connectivity index (χ4n) is 1.72. The third kappa shape index (κ3) is 4.71. The van der Waals surface area contributed by atoms with Gasteiger partial charge >= 0.3 is 12.2 Å². The summed E-state index contributed by atoms with van der Waals surface area (Å²) in [5.41, 5.74) is 5.74. The molecule has 0 bridgehead atoms. The lowest BCUT2D eigenvalue weighted by Crippen LogP contribution is -2.09. The smallest absolute Gasteiger partial charge is 0.419 e. The van der Waals surface area contributed by atoms with Crippen LogP contribution in [0, 0.1) is 24.1 Å². The summed E-state index contributed by atoms with van der Waals surface area (Å²) in [5, 5.41) is 5.65. The van der Waals surface area contributed by atoms with E-state index in [-0.39, 0.29) is 29.6 Å². The number of rotatable bonds is 6. The highest BCUT2D eigenvalue weighted by Crippen LogP contribution is 2.28. The van der Waals surface area contributed by atoms with E-state index in [1.807, 2.05) is 0 Å². The van der Waals surface area contributed by atoms with Crippen LogP contribution in [0.4, 0.5) is 27.6 Å². The van der Waals surface area contributed by atoms with Crippen molar-refractivity contribution in [3.63, 3.8) is 0 Å². The number of benzene rings is 1. The molecule has 11 heteroatoms. The summed E-state index contributed by atoms with van der Waals surface area (Å²) in [7, 11) is 0. The normalized spacial score (nSPS) is 12.0. The van der Waals surface area contributed by atoms with E-state index in [9.17, 15) is 22.0 Å². The molecule has 1 aromatic heterocycles. The molecule has 2 rings (SSSR count). The second kappa shape index (κ2) is 7.85. The Kier molecular flexibility index (Phi) is 5.80. The first kappa shape index (κ1) is 19.2. The van der Waals surface area contributed by atoms with Gasteiger partial charge in [-0.05, 0) is 19.1 Å². The minimum Gasteiger partial charge on any atom is -0.457 e. The highest BCUT2D eigenvalue weighted by atomic mass is 19.4. The summed E-state index contributed by atoms with van der Waals surface area (Å²) in [6, 6.07) is 1.88. The van der Waals surface area contributed by atoms with Crippen LogP contribution in [0.3, 0.4) is 0 Å². The SMILES string of the molecule is Cc1c(F)ccc(N/C=C(/COc2ncc(C(F)(F)F)cn2)N=N)c1F. The summed E-state index contributed by atoms with van der Waals surface area (Å²) in [5.74, 6) is -1.51. The molecule has 0 saturated carbocycles. The molecular formula is C15H12F5N5O. The molecule has 26 heavy (non-hydrogen) atoms. The predicted octanol–water partition coefficient (Wildman–Crippen LogP) is 4.45. The van der Waals surface area contributed by atoms with Crippen molar-refractivity contribution in [3.05, 3.63) is 59.2 Å². The quantitative estimate of drug-likeness (QED) is 0.579. The number of alkyl halides is 3. The molecule has 1 aromatic carbocycles. The van der Waals surface area contributed by atoms with Crippen LogP contribution in [0.5, 0.6) is 6.01 Å². The Balaban J connectivity index is 2.02. The number of ether oxygens (including phenoxy) is 1. The zero-order valence-electron chi connectivity index (χ0n) is 13.2. The maximum atomic E-state index is 13.8. The predicted molar refractivity (Wildman–Crippen MR) is 80.5 cm³/mol. The average Bonchev–Trinajstić information content (AvgIpc) is 2.61. The lowest BCUT2D eigenvalue weighted by atomic mass is 10.2. The summed E-state index contributed by atoms with van der Waals surface area (Å²) in [6.45, 7) is 0.907. The molecule has 0 aliphatic heterocycles. The van der Waals surface area contributed by atoms with Gasteiger partial charge in [-0.3, -0.25) is 0 Å². The van der Waals surface area contributed by atoms with E-state index in [1.54, 1.807) is 0 Å². The van der Waals surface area contributed by atoms with Crippen molar-refractivity contribution in [3.8, 4) is 6.01 Å². The highest BCUT2D eigenvalue weighted by molar-refractivity contribution is 5.50. The number of nitrogens with one attached hydrogen (secondary N) is 2. The third-order valence-electron chi connectivity index (χ3n) is 3.16. The second-order valence-electron chi connectivity index (χ2n) is 4.97. The van der Waals surface area contributed by atoms with Crippen LogP contribution < -0.4 is 10.1 Å². The molecule has 6 nitrogen and oxygen atoms in total. The van der Waals surface area contributed by atoms with Crippen molar-refractivity contribution < 1.29 is 26.7 Å². The van der Waals surface area contributed by atoms with Crippen LogP contribution in [-0.4, -0.2) is 16.6 Å². The Morgan fingerprint density at radius 2 is 1.92 bits per heavy atom. The third-order valence-corrected chi connectivity index (χ3v) is 3.16. The number of anilines is 1. The Morgan fingerprint density at radius 3 is 2.50 bits per heavy atom. The molecule has 138 valence electrons. The first-order chi connectivity index (χ1) is 12.2. The molecule has 0 radical (unpaired) electrons. The highest BCUT2D eigenvalue weighted by Gasteiger charge is 2.31. The van der Waals surface area contributed by atoms with Crippen LogP contribution in [0.25, 0.3) is 0 Å². The van der Waals surface area contributed by atoms with E-state index >= 15 is 0 Å². The zero-order valence-corrected chi connectivity index (χ0v) is 13.2. The molecule has 0 fully saturated rings. The average molecular weight is 373 g/mol. The monoisotopic (exact) mass is 373 g/mol. The van der Waals surface area contributed by atoms with Gasteiger partial charge < -0.3 is 10.1 Å². The summed E-state index contributed by atoms with van der Waals surface area (Å²) < 4.78 is 69.3. The molecule has 1 heterocycles. The first-order valence-corrected chi connectivity index (χ1v) is 7.02. The zero-order chi connectivity index (χ0) is 19.3. The molecule has 0 amide bonds. The van der Waals surface area contributed by atoms with Crippen molar-refractivity contribution in [2.45, 2.75) is 13.1 Å². The van der Waals surface area contributed by atoms with Gasteiger partial charge in [-0.2, -0.15) is 18.3 Å². The van der Waals surface area contributed by atoms with Crippen LogP contribution in [0.2, 0.25) is 0 Å². The van der Waals surface area contributed by atoms with Gasteiger partial charge in [0.05, 0.1) is 11.3 Å². The molecule has 0 atom stereocenters. The Labute approximate surface area is 144 Å². The van der Waals surface area contributed by atoms with Gasteiger partial charge in [0.2, 0.25) is 0 Å². The van der Waals surface area contributed by atoms with E-state index in [0.717, 1.165) is 18.3 Å². The number of nitrogens with zero attached hydrogens (tertiary/aromatic N) is 3. The number of hydrogen-bond donors (Lipinski definition) is 2. The largest absolute Gasteiger partial charge is 0.457 e. The molecule has 0 aliphatic carbocycles. The first-order valence-electron chi connectivity index (χ1n) is 7.02. The van der Waals surface area contributed by atoms with E-state index < -0.39 is 23.4 Å². The van der Waals surface area contributed by atoms with Crippen molar-refractivity contribution in [1.29, 1.82) is 5.53 Å². The Hall–Kier alpha value is -3.11. The number of aromatic nitrogens is 2. The van der Waals surface area contributed by atoms with Gasteiger partial charge in [0, 0.05) is 24.2 Å². The van der Waals surface area contributed by atoms with Gasteiger partial charge in [-0.25, -0.2) is 24.3 Å². The van der Waals surface area contributed by atoms with Gasteiger partial charge in [0.25, 0.3) is 0 Å². The van der Waals surface area contributed by atoms with Crippen molar-refractivity contribution >= 4 is 5.69 Å². The minimum absolute atomic E-state index is 0.0325. The fraction of sp³-hybridized carbons (Fsp3) is 0.200. The van der Waals surface area contributed by atoms with Crippen molar-refractivity contribution in [2.24, 2.45) is 5.11 Å². The Bertz CT molecular complexity index is 820. The lowest BCUT2D eigenvalue weighted by molar-refractivity contribution is -0.138. The van der Waals surface area contributed by atoms with Crippen molar-refractivity contribution in [2.75, 3.05) is 11.9 Å². The number of hydrogen-bond acceptors (Lipinski definition) is 6. The summed E-state index contributed by atoms with van der Waals surface area (Å²) in [6.07, 6.45) is -2.33. The van der Waals surface area contributed by atoms with Crippen LogP contribution >= 0.6 is 0 Å². The lowest BCUT2D eigenvalue weighted by Gasteiger charge is -2.08. The molecule has 2 aromatic rings. The van der Waals surface area contributed by atoms with Crippen LogP contribution in [0.1, 0.15) is 11.1 Å². The summed E-state index contributed by atoms with van der Waals surface area (Å²) >= 11 is 0. The molecule has 2 N–H and O–H groups in total. The number of halogens is 5. The van der Waals surface area contributed by atoms with Crippen LogP contribution in [0.15, 0.2) is 41.5 Å². The molecule has 0 aliphatic rings. The fourth-order valence-corrected chi connectivity index (χ4v) is 1.72. The second-order valence-corrected chi connectivity index (χ2v) is 4.97. The molecule has 0 saturated heterocycles.